The van der Waals surface area contributed by atoms with E-state index in [-0.39, 0.29) is 11.4 Å². The van der Waals surface area contributed by atoms with Crippen molar-refractivity contribution in [2.24, 2.45) is 0 Å². The van der Waals surface area contributed by atoms with Crippen LogP contribution in [-0.4, -0.2) is 24.0 Å². The Morgan fingerprint density at radius 3 is 2.73 bits per heavy atom. The van der Waals surface area contributed by atoms with Gasteiger partial charge in [-0.25, -0.2) is 0 Å². The average molecular weight is 212 g/mol. The number of nitrogens with one attached hydrogen (secondary N) is 2. The second-order valence-corrected chi connectivity index (χ2v) is 4.81. The molecule has 1 rings (SSSR count). The van der Waals surface area contributed by atoms with Gasteiger partial charge in [-0.05, 0) is 32.6 Å². The third-order valence-corrected chi connectivity index (χ3v) is 3.60. The van der Waals surface area contributed by atoms with E-state index >= 15 is 0 Å². The first-order valence-electron chi connectivity index (χ1n) is 6.14. The summed E-state index contributed by atoms with van der Waals surface area (Å²) in [7, 11) is 0. The van der Waals surface area contributed by atoms with Crippen LogP contribution in [0.4, 0.5) is 0 Å². The summed E-state index contributed by atoms with van der Waals surface area (Å²) in [5, 5.41) is 6.56. The lowest BCUT2D eigenvalue weighted by molar-refractivity contribution is -0.121. The van der Waals surface area contributed by atoms with Gasteiger partial charge in [0.2, 0.25) is 5.91 Å². The lowest BCUT2D eigenvalue weighted by Gasteiger charge is -2.33. The Balaban J connectivity index is 2.51. The third kappa shape index (κ3) is 3.82. The molecular weight excluding hydrogens is 188 g/mol. The molecule has 0 bridgehead atoms. The highest BCUT2D eigenvalue weighted by molar-refractivity contribution is 5.76. The zero-order chi connectivity index (χ0) is 11.3. The summed E-state index contributed by atoms with van der Waals surface area (Å²) in [5.74, 6) is 0.194. The normalized spacial score (nSPS) is 23.4. The van der Waals surface area contributed by atoms with E-state index in [1.807, 2.05) is 0 Å². The van der Waals surface area contributed by atoms with Gasteiger partial charge in [0.25, 0.3) is 0 Å². The zero-order valence-corrected chi connectivity index (χ0v) is 10.2. The Labute approximate surface area is 93.0 Å². The number of hydrogen-bond acceptors (Lipinski definition) is 2. The van der Waals surface area contributed by atoms with E-state index in [0.29, 0.717) is 12.5 Å². The van der Waals surface area contributed by atoms with E-state index in [1.165, 1.54) is 0 Å². The van der Waals surface area contributed by atoms with Crippen molar-refractivity contribution < 1.29 is 4.79 Å². The van der Waals surface area contributed by atoms with Gasteiger partial charge < -0.3 is 10.6 Å². The van der Waals surface area contributed by atoms with E-state index in [1.54, 1.807) is 0 Å². The molecule has 0 saturated carbocycles. The molecule has 1 amide bonds. The molecule has 0 aromatic carbocycles. The Hall–Kier alpha value is -0.570. The molecule has 3 heteroatoms. The largest absolute Gasteiger partial charge is 0.356 e. The van der Waals surface area contributed by atoms with Crippen LogP contribution in [-0.2, 0) is 4.79 Å². The van der Waals surface area contributed by atoms with E-state index < -0.39 is 0 Å². The number of carbonyl (C=O) groups excluding carboxylic acids is 1. The topological polar surface area (TPSA) is 41.1 Å². The molecule has 0 aliphatic carbocycles. The Morgan fingerprint density at radius 2 is 2.13 bits per heavy atom. The molecule has 2 N–H and O–H groups in total. The third-order valence-electron chi connectivity index (χ3n) is 3.60. The standard InChI is InChI=1S/C12H24N2O/c1-4-12(3,5-2)14-10-7-6-8-13-11(15)9-10/h10,14H,4-9H2,1-3H3,(H,13,15). The van der Waals surface area contributed by atoms with Gasteiger partial charge in [-0.3, -0.25) is 4.79 Å². The second-order valence-electron chi connectivity index (χ2n) is 4.81. The van der Waals surface area contributed by atoms with Crippen LogP contribution in [0.25, 0.3) is 0 Å². The van der Waals surface area contributed by atoms with Crippen molar-refractivity contribution >= 4 is 5.91 Å². The van der Waals surface area contributed by atoms with Gasteiger partial charge in [0.05, 0.1) is 0 Å². The van der Waals surface area contributed by atoms with Crippen LogP contribution in [0.15, 0.2) is 0 Å². The summed E-state index contributed by atoms with van der Waals surface area (Å²) in [6, 6.07) is 0.359. The number of rotatable bonds is 4. The molecular formula is C12H24N2O. The zero-order valence-electron chi connectivity index (χ0n) is 10.2. The van der Waals surface area contributed by atoms with E-state index in [9.17, 15) is 4.79 Å². The van der Waals surface area contributed by atoms with Crippen molar-refractivity contribution in [2.75, 3.05) is 6.54 Å². The van der Waals surface area contributed by atoms with Crippen molar-refractivity contribution in [3.63, 3.8) is 0 Å². The molecule has 0 radical (unpaired) electrons. The molecule has 88 valence electrons. The Bertz CT molecular complexity index is 212. The summed E-state index contributed by atoms with van der Waals surface area (Å²) in [6.45, 7) is 7.49. The van der Waals surface area contributed by atoms with Gasteiger partial charge in [-0.2, -0.15) is 0 Å². The maximum absolute atomic E-state index is 11.4. The summed E-state index contributed by atoms with van der Waals surface area (Å²) < 4.78 is 0. The fourth-order valence-corrected chi connectivity index (χ4v) is 2.04. The minimum absolute atomic E-state index is 0.190. The quantitative estimate of drug-likeness (QED) is 0.746. The first kappa shape index (κ1) is 12.5. The van der Waals surface area contributed by atoms with Crippen molar-refractivity contribution in [2.45, 2.75) is 64.5 Å². The molecule has 1 aliphatic heterocycles. The second kappa shape index (κ2) is 5.50. The Morgan fingerprint density at radius 1 is 1.47 bits per heavy atom. The summed E-state index contributed by atoms with van der Waals surface area (Å²) in [4.78, 5) is 11.4. The molecule has 0 aromatic heterocycles. The molecule has 1 unspecified atom stereocenters. The van der Waals surface area contributed by atoms with Crippen LogP contribution in [0.1, 0.15) is 52.9 Å². The summed E-state index contributed by atoms with van der Waals surface area (Å²) in [5.41, 5.74) is 0.190. The molecule has 15 heavy (non-hydrogen) atoms. The number of carbonyl (C=O) groups is 1. The average Bonchev–Trinajstić information content (AvgIpc) is 2.42. The fraction of sp³-hybridized carbons (Fsp3) is 0.917. The predicted octanol–water partition coefficient (Wildman–Crippen LogP) is 1.82. The van der Waals surface area contributed by atoms with Crippen LogP contribution >= 0.6 is 0 Å². The molecule has 0 spiro atoms. The van der Waals surface area contributed by atoms with Gasteiger partial charge in [0.1, 0.15) is 0 Å². The van der Waals surface area contributed by atoms with Gasteiger partial charge >= 0.3 is 0 Å². The van der Waals surface area contributed by atoms with Crippen molar-refractivity contribution in [3.05, 3.63) is 0 Å². The molecule has 3 nitrogen and oxygen atoms in total. The molecule has 1 atom stereocenters. The van der Waals surface area contributed by atoms with Crippen LogP contribution in [0.5, 0.6) is 0 Å². The predicted molar refractivity (Wildman–Crippen MR) is 62.8 cm³/mol. The van der Waals surface area contributed by atoms with Crippen molar-refractivity contribution in [1.82, 2.24) is 10.6 Å². The van der Waals surface area contributed by atoms with Gasteiger partial charge in [-0.15, -0.1) is 0 Å². The molecule has 1 aliphatic rings. The lowest BCUT2D eigenvalue weighted by atomic mass is 9.93. The highest BCUT2D eigenvalue weighted by Crippen LogP contribution is 2.18. The van der Waals surface area contributed by atoms with Crippen LogP contribution in [0.3, 0.4) is 0 Å². The smallest absolute Gasteiger partial charge is 0.221 e. The first-order chi connectivity index (χ1) is 7.09. The minimum Gasteiger partial charge on any atom is -0.356 e. The van der Waals surface area contributed by atoms with Crippen LogP contribution < -0.4 is 10.6 Å². The van der Waals surface area contributed by atoms with Gasteiger partial charge in [0, 0.05) is 24.5 Å². The molecule has 1 heterocycles. The van der Waals surface area contributed by atoms with E-state index in [4.69, 9.17) is 0 Å². The molecule has 0 aromatic rings. The monoisotopic (exact) mass is 212 g/mol. The fourth-order valence-electron chi connectivity index (χ4n) is 2.04. The van der Waals surface area contributed by atoms with E-state index in [2.05, 4.69) is 31.4 Å². The van der Waals surface area contributed by atoms with Crippen LogP contribution in [0, 0.1) is 0 Å². The van der Waals surface area contributed by atoms with Crippen molar-refractivity contribution in [3.8, 4) is 0 Å². The highest BCUT2D eigenvalue weighted by atomic mass is 16.1. The molecule has 1 fully saturated rings. The minimum atomic E-state index is 0.190. The van der Waals surface area contributed by atoms with Gasteiger partial charge in [-0.1, -0.05) is 13.8 Å². The number of amides is 1. The first-order valence-corrected chi connectivity index (χ1v) is 6.14. The van der Waals surface area contributed by atoms with Gasteiger partial charge in [0.15, 0.2) is 0 Å². The maximum atomic E-state index is 11.4. The summed E-state index contributed by atoms with van der Waals surface area (Å²) in [6.07, 6.45) is 5.06. The van der Waals surface area contributed by atoms with Crippen molar-refractivity contribution in [1.29, 1.82) is 0 Å². The number of hydrogen-bond donors (Lipinski definition) is 2. The maximum Gasteiger partial charge on any atom is 0.221 e. The highest BCUT2D eigenvalue weighted by Gasteiger charge is 2.25. The SMILES string of the molecule is CCC(C)(CC)NC1CCCNC(=O)C1. The molecule has 1 saturated heterocycles. The Kier molecular flexibility index (Phi) is 4.58. The summed E-state index contributed by atoms with van der Waals surface area (Å²) >= 11 is 0. The van der Waals surface area contributed by atoms with E-state index in [0.717, 1.165) is 32.2 Å². The van der Waals surface area contributed by atoms with Crippen LogP contribution in [0.2, 0.25) is 0 Å². The lowest BCUT2D eigenvalue weighted by Crippen LogP contribution is -2.48.